The van der Waals surface area contributed by atoms with Crippen LogP contribution in [0.5, 0.6) is 0 Å². The van der Waals surface area contributed by atoms with Crippen molar-refractivity contribution in [2.24, 2.45) is 5.92 Å². The van der Waals surface area contributed by atoms with Gasteiger partial charge in [-0.05, 0) is 81.0 Å². The molecule has 2 heterocycles. The van der Waals surface area contributed by atoms with E-state index < -0.39 is 0 Å². The third kappa shape index (κ3) is 11.9. The van der Waals surface area contributed by atoms with Gasteiger partial charge in [-0.1, -0.05) is 51.9 Å². The highest BCUT2D eigenvalue weighted by atomic mass is 33.1. The number of likely N-dealkylation sites (N-methyl/N-ethyl adjacent to an activating group) is 1. The quantitative estimate of drug-likeness (QED) is 0.0561. The number of pyridine rings is 2. The van der Waals surface area contributed by atoms with Gasteiger partial charge in [0.05, 0.1) is 39.2 Å². The number of fused-ring (bicyclic) bond motifs is 1. The van der Waals surface area contributed by atoms with E-state index in [-0.39, 0.29) is 5.54 Å². The Kier molecular flexibility index (Phi) is 14.6. The highest BCUT2D eigenvalue weighted by Gasteiger charge is 2.54. The molecule has 2 aliphatic carbocycles. The highest BCUT2D eigenvalue weighted by Crippen LogP contribution is 2.53. The molecule has 0 radical (unpaired) electrons. The Hall–Kier alpha value is -3.14. The van der Waals surface area contributed by atoms with E-state index in [0.29, 0.717) is 5.92 Å². The zero-order valence-electron chi connectivity index (χ0n) is 31.9. The van der Waals surface area contributed by atoms with Gasteiger partial charge in [0.2, 0.25) is 11.4 Å². The van der Waals surface area contributed by atoms with E-state index in [0.717, 1.165) is 55.1 Å². The van der Waals surface area contributed by atoms with Gasteiger partial charge in [-0.15, -0.1) is 0 Å². The van der Waals surface area contributed by atoms with Crippen molar-refractivity contribution in [1.82, 2.24) is 10.2 Å². The van der Waals surface area contributed by atoms with E-state index in [2.05, 4.69) is 175 Å². The Labute approximate surface area is 316 Å². The molecule has 0 spiro atoms. The van der Waals surface area contributed by atoms with Gasteiger partial charge < -0.3 is 14.7 Å². The molecular formula is C43H61N6S2+3. The lowest BCUT2D eigenvalue weighted by Gasteiger charge is -2.30. The molecule has 272 valence electrons. The number of hydrogen-bond acceptors (Lipinski definition) is 5. The van der Waals surface area contributed by atoms with Crippen LogP contribution in [0.3, 0.4) is 0 Å². The zero-order valence-corrected chi connectivity index (χ0v) is 33.5. The van der Waals surface area contributed by atoms with Crippen molar-refractivity contribution < 1.29 is 13.6 Å². The summed E-state index contributed by atoms with van der Waals surface area (Å²) in [6.07, 6.45) is 24.4. The first kappa shape index (κ1) is 39.1. The minimum Gasteiger partial charge on any atom is -0.375 e. The Bertz CT molecular complexity index is 1660. The van der Waals surface area contributed by atoms with E-state index in [1.807, 2.05) is 28.6 Å². The maximum absolute atomic E-state index is 3.23. The number of hydrogen-bond donors (Lipinski definition) is 1. The average molecular weight is 726 g/mol. The van der Waals surface area contributed by atoms with Gasteiger partial charge in [0.15, 0.2) is 25.5 Å². The van der Waals surface area contributed by atoms with E-state index in [1.165, 1.54) is 47.6 Å². The molecular weight excluding hydrogens is 665 g/mol. The summed E-state index contributed by atoms with van der Waals surface area (Å²) in [5, 5.41) is 3.23. The number of quaternary nitrogens is 1. The van der Waals surface area contributed by atoms with Crippen molar-refractivity contribution in [3.8, 4) is 0 Å². The second kappa shape index (κ2) is 19.1. The van der Waals surface area contributed by atoms with Crippen LogP contribution in [-0.4, -0.2) is 94.9 Å². The second-order valence-corrected chi connectivity index (χ2v) is 17.7. The summed E-state index contributed by atoms with van der Waals surface area (Å²) < 4.78 is 5.77. The maximum Gasteiger partial charge on any atom is 0.205 e. The molecule has 6 nitrogen and oxygen atoms in total. The Morgan fingerprint density at radius 2 is 1.47 bits per heavy atom. The van der Waals surface area contributed by atoms with Crippen LogP contribution in [0.2, 0.25) is 0 Å². The van der Waals surface area contributed by atoms with Gasteiger partial charge >= 0.3 is 0 Å². The molecule has 3 aromatic rings. The lowest BCUT2D eigenvalue weighted by Crippen LogP contribution is -2.40. The van der Waals surface area contributed by atoms with Gasteiger partial charge in [-0.2, -0.15) is 9.13 Å². The molecule has 1 aromatic carbocycles. The molecule has 2 aliphatic rings. The lowest BCUT2D eigenvalue weighted by molar-refractivity contribution is -0.870. The van der Waals surface area contributed by atoms with Crippen LogP contribution in [0.25, 0.3) is 18.2 Å². The van der Waals surface area contributed by atoms with Gasteiger partial charge in [0.25, 0.3) is 0 Å². The molecule has 8 heteroatoms. The Morgan fingerprint density at radius 1 is 0.824 bits per heavy atom. The smallest absolute Gasteiger partial charge is 0.205 e. The fourth-order valence-electron chi connectivity index (χ4n) is 6.79. The summed E-state index contributed by atoms with van der Waals surface area (Å²) in [6, 6.07) is 21.8. The third-order valence-electron chi connectivity index (χ3n) is 10.0. The lowest BCUT2D eigenvalue weighted by atomic mass is 10.0. The van der Waals surface area contributed by atoms with E-state index in [1.54, 1.807) is 0 Å². The van der Waals surface area contributed by atoms with Gasteiger partial charge in [-0.3, -0.25) is 4.90 Å². The van der Waals surface area contributed by atoms with Crippen LogP contribution < -0.4 is 19.4 Å². The zero-order chi connectivity index (χ0) is 36.1. The fraction of sp³-hybridized carbons (Fsp3) is 0.442. The largest absolute Gasteiger partial charge is 0.375 e. The number of allylic oxidation sites excluding steroid dienone is 3. The molecule has 51 heavy (non-hydrogen) atoms. The molecule has 0 saturated heterocycles. The minimum absolute atomic E-state index is 0.247. The second-order valence-electron chi connectivity index (χ2n) is 15.0. The normalized spacial score (nSPS) is 18.5. The third-order valence-corrected chi connectivity index (χ3v) is 12.4. The molecule has 0 bridgehead atoms. The van der Waals surface area contributed by atoms with Crippen LogP contribution in [-0.2, 0) is 13.1 Å². The van der Waals surface area contributed by atoms with E-state index in [9.17, 15) is 0 Å². The predicted molar refractivity (Wildman–Crippen MR) is 223 cm³/mol. The molecule has 2 unspecified atom stereocenters. The van der Waals surface area contributed by atoms with E-state index >= 15 is 0 Å². The first-order valence-corrected chi connectivity index (χ1v) is 21.1. The Morgan fingerprint density at radius 3 is 2.08 bits per heavy atom. The maximum atomic E-state index is 3.23. The first-order valence-electron chi connectivity index (χ1n) is 18.6. The molecule has 1 N–H and O–H groups in total. The SMILES string of the molecule is CNCCCN(C)c1ccc(/C=C/c2cccc[n+]2CCSSCC[n+]2ccccc2/C=C/C2=CC3CC3(N(C)CCC[N+](C)(C)C)C=C2)cc1. The van der Waals surface area contributed by atoms with Crippen LogP contribution in [0, 0.1) is 5.92 Å². The van der Waals surface area contributed by atoms with E-state index in [4.69, 9.17) is 0 Å². The van der Waals surface area contributed by atoms with Crippen LogP contribution in [0.15, 0.2) is 103 Å². The topological polar surface area (TPSA) is 26.3 Å². The van der Waals surface area contributed by atoms with Gasteiger partial charge in [0, 0.05) is 80.1 Å². The molecule has 1 fully saturated rings. The van der Waals surface area contributed by atoms with Crippen LogP contribution in [0.4, 0.5) is 5.69 Å². The Balaban J connectivity index is 1.04. The van der Waals surface area contributed by atoms with Crippen LogP contribution >= 0.6 is 21.6 Å². The summed E-state index contributed by atoms with van der Waals surface area (Å²) in [5.41, 5.74) is 6.54. The predicted octanol–water partition coefficient (Wildman–Crippen LogP) is 6.86. The number of nitrogens with one attached hydrogen (secondary N) is 1. The monoisotopic (exact) mass is 725 g/mol. The molecule has 5 rings (SSSR count). The number of aromatic nitrogens is 2. The summed E-state index contributed by atoms with van der Waals surface area (Å²) in [4.78, 5) is 4.91. The van der Waals surface area contributed by atoms with Crippen molar-refractivity contribution >= 4 is 45.5 Å². The number of rotatable bonds is 21. The minimum atomic E-state index is 0.247. The van der Waals surface area contributed by atoms with Crippen molar-refractivity contribution in [2.75, 3.05) is 84.9 Å². The standard InChI is InChI=1S/C43H61N6S2/c1-44-25-11-26-45(2)40-19-15-37(16-20-40)17-21-41-13-7-9-28-47(41)30-33-50-51-34-31-48-29-10-8-14-42(48)22-18-38-23-24-43(36-39(43)35-38)46(3)27-12-32-49(4,5)6/h7-10,13-24,28-29,35,39,44H,11-12,25-27,30-34,36H2,1-6H3/q+3/b22-18+. The van der Waals surface area contributed by atoms with Crippen molar-refractivity contribution in [3.63, 3.8) is 0 Å². The summed E-state index contributed by atoms with van der Waals surface area (Å²) in [6.45, 7) is 6.44. The average Bonchev–Trinajstić information content (AvgIpc) is 3.87. The van der Waals surface area contributed by atoms with Gasteiger partial charge in [-0.25, -0.2) is 0 Å². The molecule has 0 amide bonds. The molecule has 2 atom stereocenters. The first-order chi connectivity index (χ1) is 24.7. The summed E-state index contributed by atoms with van der Waals surface area (Å²) in [5.74, 6) is 2.77. The fourth-order valence-corrected chi connectivity index (χ4v) is 8.72. The van der Waals surface area contributed by atoms with Crippen molar-refractivity contribution in [1.29, 1.82) is 0 Å². The summed E-state index contributed by atoms with van der Waals surface area (Å²) in [7, 11) is 17.3. The van der Waals surface area contributed by atoms with Crippen molar-refractivity contribution in [2.45, 2.75) is 37.9 Å². The molecule has 2 aromatic heterocycles. The number of aryl methyl sites for hydroxylation is 2. The molecule has 0 aliphatic heterocycles. The number of anilines is 1. The highest BCUT2D eigenvalue weighted by molar-refractivity contribution is 8.76. The molecule has 1 saturated carbocycles. The summed E-state index contributed by atoms with van der Waals surface area (Å²) >= 11 is 0. The van der Waals surface area contributed by atoms with Gasteiger partial charge in [0.1, 0.15) is 0 Å². The number of benzene rings is 1. The van der Waals surface area contributed by atoms with Crippen molar-refractivity contribution in [3.05, 3.63) is 120 Å². The number of nitrogens with zero attached hydrogens (tertiary/aromatic N) is 5. The van der Waals surface area contributed by atoms with Crippen LogP contribution in [0.1, 0.15) is 36.2 Å².